The number of benzene rings is 1. The highest BCUT2D eigenvalue weighted by atomic mass is 32.2. The quantitative estimate of drug-likeness (QED) is 0.893. The number of hydrogen-bond acceptors (Lipinski definition) is 5. The van der Waals surface area contributed by atoms with Gasteiger partial charge in [-0.15, -0.1) is 0 Å². The van der Waals surface area contributed by atoms with Crippen LogP contribution in [0.15, 0.2) is 29.2 Å². The van der Waals surface area contributed by atoms with E-state index in [2.05, 4.69) is 5.32 Å². The van der Waals surface area contributed by atoms with E-state index in [1.165, 1.54) is 12.1 Å². The summed E-state index contributed by atoms with van der Waals surface area (Å²) in [5, 5.41) is 3.03. The standard InChI is InChI=1S/C12H15F2NO4S/c13-12(14)20(16,17)11-3-1-9(2-4-11)15-7-10-8-18-5-6-19-10/h1-4,10,12,15H,5-8H2/t10-/m1/s1. The number of alkyl halides is 2. The number of sulfone groups is 1. The maximum absolute atomic E-state index is 12.4. The van der Waals surface area contributed by atoms with E-state index in [9.17, 15) is 17.2 Å². The summed E-state index contributed by atoms with van der Waals surface area (Å²) in [6.45, 7) is 2.11. The zero-order chi connectivity index (χ0) is 14.6. The fourth-order valence-electron chi connectivity index (χ4n) is 1.75. The second kappa shape index (κ2) is 6.47. The van der Waals surface area contributed by atoms with E-state index in [1.807, 2.05) is 0 Å². The van der Waals surface area contributed by atoms with Crippen molar-refractivity contribution in [1.82, 2.24) is 0 Å². The second-order valence-corrected chi connectivity index (χ2v) is 6.20. The van der Waals surface area contributed by atoms with Crippen LogP contribution in [0.3, 0.4) is 0 Å². The second-order valence-electron chi connectivity index (χ2n) is 4.28. The van der Waals surface area contributed by atoms with Crippen molar-refractivity contribution in [2.24, 2.45) is 0 Å². The molecule has 20 heavy (non-hydrogen) atoms. The van der Waals surface area contributed by atoms with Gasteiger partial charge in [0.15, 0.2) is 0 Å². The van der Waals surface area contributed by atoms with Crippen molar-refractivity contribution in [2.75, 3.05) is 31.7 Å². The average Bonchev–Trinajstić information content (AvgIpc) is 2.46. The molecule has 1 aliphatic heterocycles. The lowest BCUT2D eigenvalue weighted by Crippen LogP contribution is -2.34. The lowest BCUT2D eigenvalue weighted by Gasteiger charge is -2.23. The molecule has 0 unspecified atom stereocenters. The van der Waals surface area contributed by atoms with Crippen molar-refractivity contribution >= 4 is 15.5 Å². The number of rotatable bonds is 5. The molecular formula is C12H15F2NO4S. The largest absolute Gasteiger partial charge is 0.382 e. The van der Waals surface area contributed by atoms with Gasteiger partial charge in [-0.05, 0) is 24.3 Å². The summed E-state index contributed by atoms with van der Waals surface area (Å²) in [5.41, 5.74) is 0.632. The Kier molecular flexibility index (Phi) is 4.90. The number of ether oxygens (including phenoxy) is 2. The van der Waals surface area contributed by atoms with E-state index in [-0.39, 0.29) is 6.10 Å². The van der Waals surface area contributed by atoms with Crippen molar-refractivity contribution in [3.63, 3.8) is 0 Å². The molecule has 0 amide bonds. The maximum Gasteiger partial charge on any atom is 0.341 e. The van der Waals surface area contributed by atoms with E-state index < -0.39 is 20.5 Å². The minimum atomic E-state index is -4.53. The maximum atomic E-state index is 12.4. The zero-order valence-electron chi connectivity index (χ0n) is 10.6. The first-order chi connectivity index (χ1) is 9.50. The highest BCUT2D eigenvalue weighted by molar-refractivity contribution is 7.91. The van der Waals surface area contributed by atoms with Crippen LogP contribution in [-0.4, -0.2) is 46.6 Å². The van der Waals surface area contributed by atoms with Crippen LogP contribution >= 0.6 is 0 Å². The lowest BCUT2D eigenvalue weighted by molar-refractivity contribution is -0.0818. The van der Waals surface area contributed by atoms with Gasteiger partial charge in [-0.2, -0.15) is 8.78 Å². The van der Waals surface area contributed by atoms with Crippen LogP contribution in [0.1, 0.15) is 0 Å². The molecule has 5 nitrogen and oxygen atoms in total. The summed E-state index contributed by atoms with van der Waals surface area (Å²) in [7, 11) is -4.53. The molecule has 1 N–H and O–H groups in total. The SMILES string of the molecule is O=S(=O)(c1ccc(NC[C@@H]2COCCO2)cc1)C(F)F. The van der Waals surface area contributed by atoms with Gasteiger partial charge in [-0.3, -0.25) is 0 Å². The van der Waals surface area contributed by atoms with Gasteiger partial charge in [0.25, 0.3) is 0 Å². The molecule has 1 aliphatic rings. The fraction of sp³-hybridized carbons (Fsp3) is 0.500. The summed E-state index contributed by atoms with van der Waals surface area (Å²) in [6, 6.07) is 5.20. The molecule has 1 fully saturated rings. The molecule has 0 radical (unpaired) electrons. The smallest absolute Gasteiger partial charge is 0.341 e. The molecule has 1 atom stereocenters. The number of hydrogen-bond donors (Lipinski definition) is 1. The molecule has 1 aromatic carbocycles. The van der Waals surface area contributed by atoms with Crippen molar-refractivity contribution < 1.29 is 26.7 Å². The van der Waals surface area contributed by atoms with Gasteiger partial charge in [0, 0.05) is 12.2 Å². The summed E-state index contributed by atoms with van der Waals surface area (Å²) in [4.78, 5) is -0.393. The monoisotopic (exact) mass is 307 g/mol. The Morgan fingerprint density at radius 3 is 2.50 bits per heavy atom. The third-order valence-corrected chi connectivity index (χ3v) is 4.23. The molecule has 0 aromatic heterocycles. The molecule has 0 bridgehead atoms. The van der Waals surface area contributed by atoms with E-state index in [1.54, 1.807) is 0 Å². The third-order valence-electron chi connectivity index (χ3n) is 2.84. The van der Waals surface area contributed by atoms with Crippen molar-refractivity contribution in [3.8, 4) is 0 Å². The van der Waals surface area contributed by atoms with Crippen LogP contribution in [0.5, 0.6) is 0 Å². The Bertz CT molecular complexity index is 527. The Morgan fingerprint density at radius 2 is 1.95 bits per heavy atom. The predicted octanol–water partition coefficient (Wildman–Crippen LogP) is 1.51. The molecule has 2 rings (SSSR count). The molecule has 0 aliphatic carbocycles. The number of anilines is 1. The molecule has 112 valence electrons. The summed E-state index contributed by atoms with van der Waals surface area (Å²) in [6.07, 6.45) is -0.0757. The van der Waals surface area contributed by atoms with E-state index in [4.69, 9.17) is 9.47 Å². The number of nitrogens with one attached hydrogen (secondary N) is 1. The summed E-state index contributed by atoms with van der Waals surface area (Å²) >= 11 is 0. The molecule has 8 heteroatoms. The Balaban J connectivity index is 1.94. The van der Waals surface area contributed by atoms with Gasteiger partial charge >= 0.3 is 5.76 Å². The fourth-order valence-corrected chi connectivity index (χ4v) is 2.47. The predicted molar refractivity (Wildman–Crippen MR) is 68.7 cm³/mol. The molecular weight excluding hydrogens is 292 g/mol. The normalized spacial score (nSPS) is 20.1. The number of halogens is 2. The van der Waals surface area contributed by atoms with Gasteiger partial charge in [0.05, 0.1) is 30.8 Å². The first-order valence-electron chi connectivity index (χ1n) is 6.05. The Morgan fingerprint density at radius 1 is 1.25 bits per heavy atom. The van der Waals surface area contributed by atoms with E-state index >= 15 is 0 Å². The van der Waals surface area contributed by atoms with Crippen LogP contribution < -0.4 is 5.32 Å². The zero-order valence-corrected chi connectivity index (χ0v) is 11.4. The molecule has 1 saturated heterocycles. The van der Waals surface area contributed by atoms with Crippen LogP contribution in [0.25, 0.3) is 0 Å². The van der Waals surface area contributed by atoms with Crippen molar-refractivity contribution in [2.45, 2.75) is 16.8 Å². The molecule has 1 aromatic rings. The highest BCUT2D eigenvalue weighted by Crippen LogP contribution is 2.20. The first-order valence-corrected chi connectivity index (χ1v) is 7.60. The minimum Gasteiger partial charge on any atom is -0.382 e. The van der Waals surface area contributed by atoms with Crippen LogP contribution in [0.4, 0.5) is 14.5 Å². The highest BCUT2D eigenvalue weighted by Gasteiger charge is 2.26. The Labute approximate surface area is 115 Å². The third kappa shape index (κ3) is 3.65. The van der Waals surface area contributed by atoms with E-state index in [0.717, 1.165) is 12.1 Å². The van der Waals surface area contributed by atoms with E-state index in [0.29, 0.717) is 32.1 Å². The lowest BCUT2D eigenvalue weighted by atomic mass is 10.3. The molecule has 0 spiro atoms. The molecule has 1 heterocycles. The van der Waals surface area contributed by atoms with Gasteiger partial charge in [0.2, 0.25) is 9.84 Å². The van der Waals surface area contributed by atoms with Gasteiger partial charge in [-0.1, -0.05) is 0 Å². The van der Waals surface area contributed by atoms with Gasteiger partial charge in [0.1, 0.15) is 0 Å². The summed E-state index contributed by atoms with van der Waals surface area (Å²) in [5.74, 6) is -3.41. The minimum absolute atomic E-state index is 0.0757. The van der Waals surface area contributed by atoms with Gasteiger partial charge in [-0.25, -0.2) is 8.42 Å². The Hall–Kier alpha value is -1.25. The topological polar surface area (TPSA) is 64.6 Å². The van der Waals surface area contributed by atoms with Crippen LogP contribution in [-0.2, 0) is 19.3 Å². The molecule has 0 saturated carbocycles. The summed E-state index contributed by atoms with van der Waals surface area (Å²) < 4.78 is 57.9. The van der Waals surface area contributed by atoms with Crippen molar-refractivity contribution in [1.29, 1.82) is 0 Å². The van der Waals surface area contributed by atoms with Gasteiger partial charge < -0.3 is 14.8 Å². The van der Waals surface area contributed by atoms with Crippen molar-refractivity contribution in [3.05, 3.63) is 24.3 Å². The average molecular weight is 307 g/mol. The van der Waals surface area contributed by atoms with Crippen LogP contribution in [0.2, 0.25) is 0 Å². The van der Waals surface area contributed by atoms with Crippen LogP contribution in [0, 0.1) is 0 Å². The first kappa shape index (κ1) is 15.1.